The third-order valence-electron chi connectivity index (χ3n) is 3.12. The zero-order valence-corrected chi connectivity index (χ0v) is 9.56. The fourth-order valence-electron chi connectivity index (χ4n) is 2.10. The van der Waals surface area contributed by atoms with Crippen molar-refractivity contribution >= 4 is 0 Å². The molecule has 1 saturated heterocycles. The van der Waals surface area contributed by atoms with Crippen molar-refractivity contribution in [3.05, 3.63) is 59.9 Å². The van der Waals surface area contributed by atoms with E-state index in [4.69, 9.17) is 4.74 Å². The van der Waals surface area contributed by atoms with Gasteiger partial charge < -0.3 is 4.74 Å². The highest BCUT2D eigenvalue weighted by Gasteiger charge is 2.35. The first-order chi connectivity index (χ1) is 8.25. The van der Waals surface area contributed by atoms with E-state index in [0.29, 0.717) is 5.56 Å². The highest BCUT2D eigenvalue weighted by molar-refractivity contribution is 5.64. The Bertz CT molecular complexity index is 536. The molecule has 17 heavy (non-hydrogen) atoms. The van der Waals surface area contributed by atoms with Crippen LogP contribution in [0.25, 0.3) is 11.1 Å². The maximum atomic E-state index is 14.0. The van der Waals surface area contributed by atoms with Crippen LogP contribution in [0.3, 0.4) is 0 Å². The van der Waals surface area contributed by atoms with Crippen molar-refractivity contribution in [3.8, 4) is 11.1 Å². The zero-order chi connectivity index (χ0) is 11.8. The van der Waals surface area contributed by atoms with Gasteiger partial charge in [-0.2, -0.15) is 0 Å². The van der Waals surface area contributed by atoms with Crippen LogP contribution in [0.1, 0.15) is 18.6 Å². The Hall–Kier alpha value is -1.67. The van der Waals surface area contributed by atoms with E-state index in [2.05, 4.69) is 0 Å². The van der Waals surface area contributed by atoms with Crippen LogP contribution in [-0.2, 0) is 4.74 Å². The third-order valence-corrected chi connectivity index (χ3v) is 3.12. The van der Waals surface area contributed by atoms with Gasteiger partial charge in [-0.05, 0) is 24.1 Å². The molecule has 1 aliphatic rings. The topological polar surface area (TPSA) is 12.5 Å². The number of hydrogen-bond acceptors (Lipinski definition) is 1. The number of epoxide rings is 1. The summed E-state index contributed by atoms with van der Waals surface area (Å²) < 4.78 is 19.3. The average molecular weight is 228 g/mol. The van der Waals surface area contributed by atoms with E-state index < -0.39 is 0 Å². The molecule has 0 aliphatic carbocycles. The lowest BCUT2D eigenvalue weighted by Gasteiger charge is -2.05. The molecule has 1 fully saturated rings. The Morgan fingerprint density at radius 3 is 2.35 bits per heavy atom. The number of hydrogen-bond donors (Lipinski definition) is 0. The minimum atomic E-state index is -0.184. The van der Waals surface area contributed by atoms with E-state index in [1.807, 2.05) is 49.4 Å². The van der Waals surface area contributed by atoms with Gasteiger partial charge in [0.1, 0.15) is 11.9 Å². The summed E-state index contributed by atoms with van der Waals surface area (Å²) in [6.07, 6.45) is 0.297. The molecule has 2 aromatic rings. The van der Waals surface area contributed by atoms with Crippen molar-refractivity contribution < 1.29 is 9.13 Å². The van der Waals surface area contributed by atoms with Gasteiger partial charge in [0.25, 0.3) is 0 Å². The smallest absolute Gasteiger partial charge is 0.131 e. The summed E-state index contributed by atoms with van der Waals surface area (Å²) >= 11 is 0. The molecule has 3 rings (SSSR count). The van der Waals surface area contributed by atoms with Crippen LogP contribution in [0.15, 0.2) is 48.5 Å². The summed E-state index contributed by atoms with van der Waals surface area (Å²) in [4.78, 5) is 0. The Kier molecular flexibility index (Phi) is 2.45. The number of halogens is 1. The molecule has 2 aromatic carbocycles. The largest absolute Gasteiger partial charge is 0.365 e. The SMILES string of the molecule is C[C@H]1O[C@H]1c1ccc(-c2ccccc2)c(F)c1. The van der Waals surface area contributed by atoms with Crippen molar-refractivity contribution in [1.29, 1.82) is 0 Å². The van der Waals surface area contributed by atoms with Crippen LogP contribution >= 0.6 is 0 Å². The standard InChI is InChI=1S/C15H13FO/c1-10-15(17-10)12-7-8-13(14(16)9-12)11-5-3-2-4-6-11/h2-10,15H,1H3/t10-,15-/m1/s1. The van der Waals surface area contributed by atoms with E-state index in [1.54, 1.807) is 6.07 Å². The highest BCUT2D eigenvalue weighted by Crippen LogP contribution is 2.39. The van der Waals surface area contributed by atoms with E-state index >= 15 is 0 Å². The summed E-state index contributed by atoms with van der Waals surface area (Å²) in [6.45, 7) is 1.99. The van der Waals surface area contributed by atoms with Crippen molar-refractivity contribution in [1.82, 2.24) is 0 Å². The van der Waals surface area contributed by atoms with Gasteiger partial charge in [-0.25, -0.2) is 4.39 Å². The van der Waals surface area contributed by atoms with Crippen LogP contribution in [0.4, 0.5) is 4.39 Å². The second-order valence-electron chi connectivity index (χ2n) is 4.37. The molecule has 0 spiro atoms. The summed E-state index contributed by atoms with van der Waals surface area (Å²) in [5, 5.41) is 0. The Balaban J connectivity index is 1.97. The first kappa shape index (κ1) is 10.5. The highest BCUT2D eigenvalue weighted by atomic mass is 19.1. The fraction of sp³-hybridized carbons (Fsp3) is 0.200. The normalized spacial score (nSPS) is 22.5. The molecule has 1 nitrogen and oxygen atoms in total. The van der Waals surface area contributed by atoms with Crippen LogP contribution < -0.4 is 0 Å². The molecule has 2 heteroatoms. The van der Waals surface area contributed by atoms with Gasteiger partial charge in [-0.3, -0.25) is 0 Å². The Labute approximate surface area is 99.9 Å². The fourth-order valence-corrected chi connectivity index (χ4v) is 2.10. The molecule has 1 aliphatic heterocycles. The minimum absolute atomic E-state index is 0.0781. The van der Waals surface area contributed by atoms with Crippen molar-refractivity contribution in [2.75, 3.05) is 0 Å². The van der Waals surface area contributed by atoms with Gasteiger partial charge in [0.05, 0.1) is 6.10 Å². The van der Waals surface area contributed by atoms with Crippen molar-refractivity contribution in [2.45, 2.75) is 19.1 Å². The number of benzene rings is 2. The van der Waals surface area contributed by atoms with Crippen molar-refractivity contribution in [2.24, 2.45) is 0 Å². The lowest BCUT2D eigenvalue weighted by atomic mass is 10.0. The zero-order valence-electron chi connectivity index (χ0n) is 9.56. The van der Waals surface area contributed by atoms with Crippen LogP contribution in [0.5, 0.6) is 0 Å². The Morgan fingerprint density at radius 1 is 1.06 bits per heavy atom. The first-order valence-electron chi connectivity index (χ1n) is 5.76. The van der Waals surface area contributed by atoms with Crippen LogP contribution in [0.2, 0.25) is 0 Å². The number of rotatable bonds is 2. The summed E-state index contributed by atoms with van der Waals surface area (Å²) in [5.74, 6) is -0.184. The van der Waals surface area contributed by atoms with Gasteiger partial charge in [-0.15, -0.1) is 0 Å². The maximum Gasteiger partial charge on any atom is 0.131 e. The third kappa shape index (κ3) is 1.96. The van der Waals surface area contributed by atoms with Gasteiger partial charge in [0.15, 0.2) is 0 Å². The molecule has 0 unspecified atom stereocenters. The predicted octanol–water partition coefficient (Wildman–Crippen LogP) is 3.95. The quantitative estimate of drug-likeness (QED) is 0.709. The Morgan fingerprint density at radius 2 is 1.76 bits per heavy atom. The van der Waals surface area contributed by atoms with Crippen molar-refractivity contribution in [3.63, 3.8) is 0 Å². The molecule has 86 valence electrons. The molecular formula is C15H13FO. The minimum Gasteiger partial charge on any atom is -0.365 e. The first-order valence-corrected chi connectivity index (χ1v) is 5.76. The molecule has 0 aromatic heterocycles. The summed E-state index contributed by atoms with van der Waals surface area (Å²) in [7, 11) is 0. The lowest BCUT2D eigenvalue weighted by molar-refractivity contribution is 0.382. The maximum absolute atomic E-state index is 14.0. The predicted molar refractivity (Wildman–Crippen MR) is 65.1 cm³/mol. The van der Waals surface area contributed by atoms with Gasteiger partial charge in [-0.1, -0.05) is 42.5 Å². The summed E-state index contributed by atoms with van der Waals surface area (Å²) in [6, 6.07) is 14.9. The molecule has 0 amide bonds. The second kappa shape index (κ2) is 3.97. The monoisotopic (exact) mass is 228 g/mol. The van der Waals surface area contributed by atoms with E-state index in [0.717, 1.165) is 11.1 Å². The molecule has 2 atom stereocenters. The van der Waals surface area contributed by atoms with Gasteiger partial charge >= 0.3 is 0 Å². The average Bonchev–Trinajstić information content (AvgIpc) is 3.07. The second-order valence-corrected chi connectivity index (χ2v) is 4.37. The molecule has 0 bridgehead atoms. The molecule has 1 heterocycles. The van der Waals surface area contributed by atoms with Gasteiger partial charge in [0.2, 0.25) is 0 Å². The van der Waals surface area contributed by atoms with E-state index in [9.17, 15) is 4.39 Å². The number of ether oxygens (including phenoxy) is 1. The van der Waals surface area contributed by atoms with Gasteiger partial charge in [0, 0.05) is 5.56 Å². The van der Waals surface area contributed by atoms with E-state index in [1.165, 1.54) is 0 Å². The molecule has 0 radical (unpaired) electrons. The van der Waals surface area contributed by atoms with Crippen LogP contribution in [0, 0.1) is 5.82 Å². The van der Waals surface area contributed by atoms with E-state index in [-0.39, 0.29) is 18.0 Å². The molecule has 0 N–H and O–H groups in total. The lowest BCUT2D eigenvalue weighted by Crippen LogP contribution is -1.89. The molecule has 0 saturated carbocycles. The summed E-state index contributed by atoms with van der Waals surface area (Å²) in [5.41, 5.74) is 2.47. The molecular weight excluding hydrogens is 215 g/mol. The van der Waals surface area contributed by atoms with Crippen LogP contribution in [-0.4, -0.2) is 6.10 Å².